The number of hydrogen-bond acceptors (Lipinski definition) is 3. The number of hydrogen-bond donors (Lipinski definition) is 3. The van der Waals surface area contributed by atoms with Crippen molar-refractivity contribution in [2.75, 3.05) is 6.54 Å². The molecule has 2 aliphatic rings. The topological polar surface area (TPSA) is 86.6 Å². The first-order valence-corrected chi connectivity index (χ1v) is 6.86. The largest absolute Gasteiger partial charge is 0.479 e. The highest BCUT2D eigenvalue weighted by Crippen LogP contribution is 2.59. The number of carbonyl (C=O) groups excluding carboxylic acids is 1. The van der Waals surface area contributed by atoms with Crippen molar-refractivity contribution in [3.05, 3.63) is 35.4 Å². The van der Waals surface area contributed by atoms with E-state index >= 15 is 0 Å². The van der Waals surface area contributed by atoms with Crippen LogP contribution in [0.5, 0.6) is 0 Å². The van der Waals surface area contributed by atoms with Gasteiger partial charge in [0.1, 0.15) is 0 Å². The van der Waals surface area contributed by atoms with E-state index in [1.54, 1.807) is 0 Å². The van der Waals surface area contributed by atoms with Crippen LogP contribution < -0.4 is 5.32 Å². The Hall–Kier alpha value is -1.88. The average molecular weight is 275 g/mol. The van der Waals surface area contributed by atoms with E-state index in [1.807, 2.05) is 12.1 Å². The van der Waals surface area contributed by atoms with E-state index in [2.05, 4.69) is 17.4 Å². The van der Waals surface area contributed by atoms with Crippen molar-refractivity contribution >= 4 is 11.9 Å². The highest BCUT2D eigenvalue weighted by Gasteiger charge is 2.56. The second kappa shape index (κ2) is 4.90. The number of carbonyl (C=O) groups is 2. The summed E-state index contributed by atoms with van der Waals surface area (Å²) in [6.07, 6.45) is 0.465. The van der Waals surface area contributed by atoms with Crippen LogP contribution in [0.15, 0.2) is 24.3 Å². The van der Waals surface area contributed by atoms with Gasteiger partial charge < -0.3 is 15.5 Å². The Morgan fingerprint density at radius 3 is 2.85 bits per heavy atom. The molecule has 1 aromatic rings. The van der Waals surface area contributed by atoms with Crippen LogP contribution in [-0.2, 0) is 16.0 Å². The number of amides is 1. The Labute approximate surface area is 116 Å². The lowest BCUT2D eigenvalue weighted by Gasteiger charge is -2.13. The van der Waals surface area contributed by atoms with Crippen LogP contribution in [0.25, 0.3) is 0 Å². The lowest BCUT2D eigenvalue weighted by atomic mass is 9.92. The van der Waals surface area contributed by atoms with E-state index in [-0.39, 0.29) is 24.3 Å². The SMILES string of the molecule is O=C(O)C(O)CNC(=O)C1C2CCc3ccccc3C21. The number of aliphatic hydroxyl groups is 1. The van der Waals surface area contributed by atoms with Crippen molar-refractivity contribution in [3.8, 4) is 0 Å². The molecule has 0 aromatic heterocycles. The molecule has 0 radical (unpaired) electrons. The molecule has 5 heteroatoms. The summed E-state index contributed by atoms with van der Waals surface area (Å²) in [4.78, 5) is 22.6. The Morgan fingerprint density at radius 2 is 2.10 bits per heavy atom. The van der Waals surface area contributed by atoms with Crippen LogP contribution in [0.3, 0.4) is 0 Å². The second-order valence-corrected chi connectivity index (χ2v) is 5.55. The number of carboxylic acid groups (broad SMARTS) is 1. The van der Waals surface area contributed by atoms with Gasteiger partial charge in [-0.05, 0) is 35.8 Å². The smallest absolute Gasteiger partial charge is 0.334 e. The van der Waals surface area contributed by atoms with E-state index < -0.39 is 12.1 Å². The number of carboxylic acids is 1. The predicted octanol–water partition coefficient (Wildman–Crippen LogP) is 0.524. The zero-order valence-electron chi connectivity index (χ0n) is 11.0. The highest BCUT2D eigenvalue weighted by molar-refractivity contribution is 5.84. The fraction of sp³-hybridized carbons (Fsp3) is 0.467. The molecule has 0 aliphatic heterocycles. The summed E-state index contributed by atoms with van der Waals surface area (Å²) in [5, 5.41) is 20.3. The Kier molecular flexibility index (Phi) is 3.22. The summed E-state index contributed by atoms with van der Waals surface area (Å²) >= 11 is 0. The molecule has 1 aromatic carbocycles. The van der Waals surface area contributed by atoms with Crippen molar-refractivity contribution in [1.82, 2.24) is 5.32 Å². The number of aliphatic carboxylic acids is 1. The van der Waals surface area contributed by atoms with Crippen LogP contribution in [0, 0.1) is 11.8 Å². The van der Waals surface area contributed by atoms with Gasteiger partial charge in [-0.1, -0.05) is 24.3 Å². The first-order valence-electron chi connectivity index (χ1n) is 6.86. The van der Waals surface area contributed by atoms with Gasteiger partial charge in [-0.15, -0.1) is 0 Å². The van der Waals surface area contributed by atoms with Crippen molar-refractivity contribution in [2.24, 2.45) is 11.8 Å². The molecule has 5 nitrogen and oxygen atoms in total. The lowest BCUT2D eigenvalue weighted by Crippen LogP contribution is -2.37. The summed E-state index contributed by atoms with van der Waals surface area (Å²) in [5.41, 5.74) is 2.57. The fourth-order valence-electron chi connectivity index (χ4n) is 3.33. The van der Waals surface area contributed by atoms with E-state index in [4.69, 9.17) is 5.11 Å². The monoisotopic (exact) mass is 275 g/mol. The molecule has 106 valence electrons. The molecule has 0 heterocycles. The van der Waals surface area contributed by atoms with Crippen LogP contribution in [0.2, 0.25) is 0 Å². The van der Waals surface area contributed by atoms with Crippen LogP contribution >= 0.6 is 0 Å². The number of rotatable bonds is 4. The first-order chi connectivity index (χ1) is 9.59. The standard InChI is InChI=1S/C15H17NO4/c17-11(15(19)20)7-16-14(18)13-10-6-5-8-3-1-2-4-9(8)12(10)13/h1-4,10-13,17H,5-7H2,(H,16,18)(H,19,20). The molecule has 0 saturated heterocycles. The van der Waals surface area contributed by atoms with E-state index in [1.165, 1.54) is 11.1 Å². The molecule has 0 spiro atoms. The summed E-state index contributed by atoms with van der Waals surface area (Å²) in [5.74, 6) is -0.894. The van der Waals surface area contributed by atoms with Crippen LogP contribution in [0.1, 0.15) is 23.5 Å². The number of benzene rings is 1. The molecule has 1 saturated carbocycles. The molecular weight excluding hydrogens is 258 g/mol. The van der Waals surface area contributed by atoms with Crippen molar-refractivity contribution < 1.29 is 19.8 Å². The second-order valence-electron chi connectivity index (χ2n) is 5.55. The van der Waals surface area contributed by atoms with Crippen LogP contribution in [-0.4, -0.2) is 34.7 Å². The van der Waals surface area contributed by atoms with Gasteiger partial charge in [0, 0.05) is 5.92 Å². The number of aliphatic hydroxyl groups excluding tert-OH is 1. The molecule has 1 fully saturated rings. The molecule has 20 heavy (non-hydrogen) atoms. The van der Waals surface area contributed by atoms with Gasteiger partial charge >= 0.3 is 5.97 Å². The molecule has 4 atom stereocenters. The van der Waals surface area contributed by atoms with E-state index in [9.17, 15) is 14.7 Å². The molecule has 2 aliphatic carbocycles. The third kappa shape index (κ3) is 2.18. The summed E-state index contributed by atoms with van der Waals surface area (Å²) in [6.45, 7) is -0.230. The first kappa shape index (κ1) is 13.1. The molecule has 1 amide bonds. The van der Waals surface area contributed by atoms with Crippen LogP contribution in [0.4, 0.5) is 0 Å². The number of aryl methyl sites for hydroxylation is 1. The van der Waals surface area contributed by atoms with Gasteiger partial charge in [-0.3, -0.25) is 4.79 Å². The van der Waals surface area contributed by atoms with Crippen molar-refractivity contribution in [2.45, 2.75) is 24.9 Å². The zero-order chi connectivity index (χ0) is 14.3. The maximum atomic E-state index is 12.1. The molecule has 3 rings (SSSR count). The normalized spacial score (nSPS) is 27.9. The summed E-state index contributed by atoms with van der Waals surface area (Å²) < 4.78 is 0. The van der Waals surface area contributed by atoms with E-state index in [0.29, 0.717) is 5.92 Å². The van der Waals surface area contributed by atoms with Gasteiger partial charge in [-0.25, -0.2) is 4.79 Å². The fourth-order valence-corrected chi connectivity index (χ4v) is 3.33. The Balaban J connectivity index is 1.64. The number of nitrogens with one attached hydrogen (secondary N) is 1. The quantitative estimate of drug-likeness (QED) is 0.748. The summed E-state index contributed by atoms with van der Waals surface area (Å²) in [6, 6.07) is 8.18. The minimum atomic E-state index is -1.54. The zero-order valence-corrected chi connectivity index (χ0v) is 11.0. The highest BCUT2D eigenvalue weighted by atomic mass is 16.4. The van der Waals surface area contributed by atoms with Gasteiger partial charge in [0.25, 0.3) is 0 Å². The van der Waals surface area contributed by atoms with E-state index in [0.717, 1.165) is 12.8 Å². The molecule has 3 N–H and O–H groups in total. The lowest BCUT2D eigenvalue weighted by molar-refractivity contribution is -0.146. The molecule has 0 bridgehead atoms. The maximum absolute atomic E-state index is 12.1. The maximum Gasteiger partial charge on any atom is 0.334 e. The molecular formula is C15H17NO4. The average Bonchev–Trinajstić information content (AvgIpc) is 3.19. The Bertz CT molecular complexity index is 557. The van der Waals surface area contributed by atoms with Gasteiger partial charge in [-0.2, -0.15) is 0 Å². The minimum absolute atomic E-state index is 0.0698. The third-order valence-electron chi connectivity index (χ3n) is 4.39. The van der Waals surface area contributed by atoms with Crippen molar-refractivity contribution in [3.63, 3.8) is 0 Å². The molecule has 4 unspecified atom stereocenters. The Morgan fingerprint density at radius 1 is 1.35 bits per heavy atom. The van der Waals surface area contributed by atoms with Gasteiger partial charge in [0.2, 0.25) is 5.91 Å². The van der Waals surface area contributed by atoms with Gasteiger partial charge in [0.15, 0.2) is 6.10 Å². The summed E-state index contributed by atoms with van der Waals surface area (Å²) in [7, 11) is 0. The minimum Gasteiger partial charge on any atom is -0.479 e. The van der Waals surface area contributed by atoms with Gasteiger partial charge in [0.05, 0.1) is 6.54 Å². The number of fused-ring (bicyclic) bond motifs is 3. The third-order valence-corrected chi connectivity index (χ3v) is 4.39. The van der Waals surface area contributed by atoms with Crippen molar-refractivity contribution in [1.29, 1.82) is 0 Å². The predicted molar refractivity (Wildman–Crippen MR) is 71.1 cm³/mol.